The van der Waals surface area contributed by atoms with Gasteiger partial charge in [-0.25, -0.2) is 9.97 Å². The molecule has 1 aromatic heterocycles. The summed E-state index contributed by atoms with van der Waals surface area (Å²) >= 11 is 8.57. The lowest BCUT2D eigenvalue weighted by Crippen LogP contribution is -2.06. The molecule has 0 amide bonds. The molecule has 7 heteroatoms. The van der Waals surface area contributed by atoms with Crippen LogP contribution in [-0.4, -0.2) is 27.6 Å². The lowest BCUT2D eigenvalue weighted by Gasteiger charge is -2.11. The molecule has 0 atom stereocenters. The number of carbonyl (C=O) groups is 1. The largest absolute Gasteiger partial charge is 0.339 e. The van der Waals surface area contributed by atoms with E-state index < -0.39 is 0 Å². The summed E-state index contributed by atoms with van der Waals surface area (Å²) in [7, 11) is 0. The van der Waals surface area contributed by atoms with Gasteiger partial charge in [-0.3, -0.25) is 4.79 Å². The molecule has 0 saturated heterocycles. The molecule has 20 heavy (non-hydrogen) atoms. The van der Waals surface area contributed by atoms with E-state index in [1.807, 2.05) is 36.6 Å². The van der Waals surface area contributed by atoms with E-state index in [0.717, 1.165) is 17.4 Å². The number of aromatic nitrogens is 2. The van der Waals surface area contributed by atoms with Crippen LogP contribution in [-0.2, 0) is 0 Å². The van der Waals surface area contributed by atoms with E-state index in [1.165, 1.54) is 11.8 Å². The van der Waals surface area contributed by atoms with Crippen molar-refractivity contribution in [2.24, 2.45) is 0 Å². The number of nitrogens with one attached hydrogen (secondary N) is 1. The molecule has 1 heterocycles. The number of hydrogen-bond donors (Lipinski definition) is 1. The number of anilines is 2. The van der Waals surface area contributed by atoms with Gasteiger partial charge in [-0.1, -0.05) is 53.3 Å². The minimum atomic E-state index is -0.166. The zero-order valence-corrected chi connectivity index (χ0v) is 13.3. The van der Waals surface area contributed by atoms with Crippen molar-refractivity contribution in [2.75, 3.05) is 17.8 Å². The molecule has 0 saturated carbocycles. The molecule has 0 aliphatic rings. The Kier molecular flexibility index (Phi) is 5.28. The van der Waals surface area contributed by atoms with Gasteiger partial charge < -0.3 is 5.32 Å². The highest BCUT2D eigenvalue weighted by atomic mass is 35.5. The van der Waals surface area contributed by atoms with Gasteiger partial charge in [0.1, 0.15) is 16.5 Å². The Morgan fingerprint density at radius 2 is 1.90 bits per heavy atom. The normalized spacial score (nSPS) is 10.3. The van der Waals surface area contributed by atoms with E-state index in [4.69, 9.17) is 11.6 Å². The van der Waals surface area contributed by atoms with Crippen molar-refractivity contribution in [1.82, 2.24) is 9.97 Å². The average molecular weight is 326 g/mol. The Morgan fingerprint density at radius 3 is 2.50 bits per heavy atom. The fourth-order valence-corrected chi connectivity index (χ4v) is 2.66. The molecule has 0 unspecified atom stereocenters. The monoisotopic (exact) mass is 325 g/mol. The molecule has 4 nitrogen and oxygen atoms in total. The second-order valence-electron chi connectivity index (χ2n) is 3.71. The first-order chi connectivity index (χ1) is 9.65. The average Bonchev–Trinajstić information content (AvgIpc) is 2.47. The summed E-state index contributed by atoms with van der Waals surface area (Å²) in [4.78, 5) is 20.4. The molecule has 0 fully saturated rings. The first kappa shape index (κ1) is 15.2. The molecule has 0 aliphatic carbocycles. The topological polar surface area (TPSA) is 54.9 Å². The Hall–Kier alpha value is -1.24. The quantitative estimate of drug-likeness (QED) is 0.519. The van der Waals surface area contributed by atoms with Crippen LogP contribution in [0.2, 0.25) is 5.15 Å². The van der Waals surface area contributed by atoms with Crippen LogP contribution in [0, 0.1) is 0 Å². The molecular weight excluding hydrogens is 314 g/mol. The standard InChI is InChI=1S/C13H12ClN3OS2/c1-19-12(18)9-10(14)16-13(20-2)17-11(9)15-8-6-4-3-5-7-8/h3-7H,1-2H3,(H,15,16,17). The van der Waals surface area contributed by atoms with Crippen molar-refractivity contribution in [3.8, 4) is 0 Å². The summed E-state index contributed by atoms with van der Waals surface area (Å²) in [6, 6.07) is 9.50. The Morgan fingerprint density at radius 1 is 1.20 bits per heavy atom. The number of rotatable bonds is 4. The number of para-hydroxylation sites is 1. The second-order valence-corrected chi connectivity index (χ2v) is 5.62. The Balaban J connectivity index is 2.48. The molecular formula is C13H12ClN3OS2. The van der Waals surface area contributed by atoms with Crippen molar-refractivity contribution in [1.29, 1.82) is 0 Å². The summed E-state index contributed by atoms with van der Waals surface area (Å²) in [6.45, 7) is 0. The summed E-state index contributed by atoms with van der Waals surface area (Å²) in [6.07, 6.45) is 3.56. The van der Waals surface area contributed by atoms with Gasteiger partial charge in [-0.05, 0) is 24.6 Å². The number of thioether (sulfide) groups is 2. The van der Waals surface area contributed by atoms with E-state index in [9.17, 15) is 4.79 Å². The number of benzene rings is 1. The summed E-state index contributed by atoms with van der Waals surface area (Å²) in [5.41, 5.74) is 1.14. The van der Waals surface area contributed by atoms with Crippen LogP contribution in [0.15, 0.2) is 35.5 Å². The molecule has 2 aromatic rings. The van der Waals surface area contributed by atoms with Crippen molar-refractivity contribution in [2.45, 2.75) is 5.16 Å². The molecule has 0 bridgehead atoms. The summed E-state index contributed by atoms with van der Waals surface area (Å²) < 4.78 is 0. The van der Waals surface area contributed by atoms with Gasteiger partial charge in [-0.15, -0.1) is 0 Å². The van der Waals surface area contributed by atoms with Crippen LogP contribution in [0.5, 0.6) is 0 Å². The third-order valence-corrected chi connectivity index (χ3v) is 3.85. The van der Waals surface area contributed by atoms with E-state index in [2.05, 4.69) is 15.3 Å². The zero-order chi connectivity index (χ0) is 14.5. The third kappa shape index (κ3) is 3.45. The van der Waals surface area contributed by atoms with Crippen molar-refractivity contribution in [3.05, 3.63) is 41.0 Å². The van der Waals surface area contributed by atoms with Crippen LogP contribution in [0.1, 0.15) is 10.4 Å². The van der Waals surface area contributed by atoms with E-state index in [0.29, 0.717) is 16.5 Å². The Labute approximate surface area is 130 Å². The van der Waals surface area contributed by atoms with Crippen LogP contribution < -0.4 is 5.32 Å². The molecule has 1 aromatic carbocycles. The predicted octanol–water partition coefficient (Wildman–Crippen LogP) is 4.10. The highest BCUT2D eigenvalue weighted by molar-refractivity contribution is 8.13. The maximum atomic E-state index is 12.0. The predicted molar refractivity (Wildman–Crippen MR) is 86.4 cm³/mol. The van der Waals surface area contributed by atoms with E-state index in [1.54, 1.807) is 6.26 Å². The number of nitrogens with zero attached hydrogens (tertiary/aromatic N) is 2. The fraction of sp³-hybridized carbons (Fsp3) is 0.154. The van der Waals surface area contributed by atoms with Gasteiger partial charge in [0.05, 0.1) is 0 Å². The lowest BCUT2D eigenvalue weighted by molar-refractivity contribution is 0.108. The summed E-state index contributed by atoms with van der Waals surface area (Å²) in [5, 5.41) is 3.64. The molecule has 0 spiro atoms. The van der Waals surface area contributed by atoms with E-state index >= 15 is 0 Å². The Bertz CT molecular complexity index is 623. The maximum absolute atomic E-state index is 12.0. The van der Waals surface area contributed by atoms with Gasteiger partial charge in [0.2, 0.25) is 5.12 Å². The van der Waals surface area contributed by atoms with Gasteiger partial charge in [0, 0.05) is 5.69 Å². The minimum absolute atomic E-state index is 0.166. The number of carbonyl (C=O) groups excluding carboxylic acids is 1. The van der Waals surface area contributed by atoms with Crippen LogP contribution in [0.4, 0.5) is 11.5 Å². The number of hydrogen-bond acceptors (Lipinski definition) is 6. The number of halogens is 1. The van der Waals surface area contributed by atoms with Gasteiger partial charge in [0.15, 0.2) is 5.16 Å². The van der Waals surface area contributed by atoms with Crippen molar-refractivity contribution >= 4 is 51.7 Å². The first-order valence-electron chi connectivity index (χ1n) is 5.67. The highest BCUT2D eigenvalue weighted by Gasteiger charge is 2.19. The molecule has 1 N–H and O–H groups in total. The van der Waals surface area contributed by atoms with Gasteiger partial charge in [0.25, 0.3) is 0 Å². The van der Waals surface area contributed by atoms with Crippen molar-refractivity contribution in [3.63, 3.8) is 0 Å². The molecule has 104 valence electrons. The SMILES string of the molecule is CSC(=O)c1c(Cl)nc(SC)nc1Nc1ccccc1. The zero-order valence-electron chi connectivity index (χ0n) is 10.9. The fourth-order valence-electron chi connectivity index (χ4n) is 1.54. The lowest BCUT2D eigenvalue weighted by atomic mass is 10.3. The highest BCUT2D eigenvalue weighted by Crippen LogP contribution is 2.29. The minimum Gasteiger partial charge on any atom is -0.339 e. The smallest absolute Gasteiger partial charge is 0.225 e. The molecule has 0 aliphatic heterocycles. The van der Waals surface area contributed by atoms with Crippen LogP contribution in [0.25, 0.3) is 0 Å². The molecule has 0 radical (unpaired) electrons. The van der Waals surface area contributed by atoms with Gasteiger partial charge >= 0.3 is 0 Å². The molecule has 2 rings (SSSR count). The van der Waals surface area contributed by atoms with E-state index in [-0.39, 0.29) is 10.3 Å². The summed E-state index contributed by atoms with van der Waals surface area (Å²) in [5.74, 6) is 0.430. The van der Waals surface area contributed by atoms with Crippen LogP contribution >= 0.6 is 35.1 Å². The maximum Gasteiger partial charge on any atom is 0.225 e. The second kappa shape index (κ2) is 6.97. The first-order valence-corrected chi connectivity index (χ1v) is 8.50. The van der Waals surface area contributed by atoms with Gasteiger partial charge in [-0.2, -0.15) is 0 Å². The van der Waals surface area contributed by atoms with Crippen molar-refractivity contribution < 1.29 is 4.79 Å². The third-order valence-electron chi connectivity index (χ3n) is 2.45. The van der Waals surface area contributed by atoms with Crippen LogP contribution in [0.3, 0.4) is 0 Å².